The molecule has 0 saturated carbocycles. The molecule has 0 saturated heterocycles. The van der Waals surface area contributed by atoms with Gasteiger partial charge in [0.05, 0.1) is 12.7 Å². The van der Waals surface area contributed by atoms with E-state index in [1.807, 2.05) is 0 Å². The monoisotopic (exact) mass is 154 g/mol. The summed E-state index contributed by atoms with van der Waals surface area (Å²) in [6.07, 6.45) is 2.59. The van der Waals surface area contributed by atoms with Crippen LogP contribution in [0, 0.1) is 0 Å². The number of carbonyl (C=O) groups is 1. The zero-order valence-corrected chi connectivity index (χ0v) is 6.33. The van der Waals surface area contributed by atoms with Crippen molar-refractivity contribution in [3.8, 4) is 0 Å². The van der Waals surface area contributed by atoms with Crippen molar-refractivity contribution in [3.63, 3.8) is 0 Å². The minimum atomic E-state index is -0.525. The number of esters is 1. The lowest BCUT2D eigenvalue weighted by molar-refractivity contribution is -0.135. The molecule has 0 rings (SSSR count). The quantitative estimate of drug-likeness (QED) is 0.289. The van der Waals surface area contributed by atoms with Crippen molar-refractivity contribution in [3.05, 3.63) is 36.6 Å². The highest BCUT2D eigenvalue weighted by atomic mass is 16.5. The summed E-state index contributed by atoms with van der Waals surface area (Å²) in [7, 11) is 1.26. The van der Waals surface area contributed by atoms with Gasteiger partial charge in [0.15, 0.2) is 0 Å². The third kappa shape index (κ3) is 3.97. The Morgan fingerprint density at radius 1 is 1.45 bits per heavy atom. The number of allylic oxidation sites excluding steroid dienone is 1. The summed E-state index contributed by atoms with van der Waals surface area (Å²) >= 11 is 0. The van der Waals surface area contributed by atoms with Crippen molar-refractivity contribution in [2.75, 3.05) is 7.11 Å². The van der Waals surface area contributed by atoms with Crippen LogP contribution >= 0.6 is 0 Å². The van der Waals surface area contributed by atoms with E-state index in [4.69, 9.17) is 5.11 Å². The van der Waals surface area contributed by atoms with Crippen molar-refractivity contribution >= 4 is 5.97 Å². The molecule has 0 aliphatic carbocycles. The van der Waals surface area contributed by atoms with Crippen LogP contribution in [0.5, 0.6) is 0 Å². The first-order valence-electron chi connectivity index (χ1n) is 2.91. The summed E-state index contributed by atoms with van der Waals surface area (Å²) < 4.78 is 4.34. The smallest absolute Gasteiger partial charge is 0.337 e. The van der Waals surface area contributed by atoms with Gasteiger partial charge in [0, 0.05) is 0 Å². The molecular weight excluding hydrogens is 144 g/mol. The highest BCUT2D eigenvalue weighted by Crippen LogP contribution is 1.97. The topological polar surface area (TPSA) is 46.5 Å². The maximum atomic E-state index is 10.6. The number of ether oxygens (including phenoxy) is 1. The molecule has 3 heteroatoms. The number of aliphatic hydroxyl groups is 1. The van der Waals surface area contributed by atoms with Crippen LogP contribution < -0.4 is 0 Å². The Morgan fingerprint density at radius 2 is 2.00 bits per heavy atom. The van der Waals surface area contributed by atoms with Gasteiger partial charge in [-0.25, -0.2) is 4.79 Å². The maximum absolute atomic E-state index is 10.6. The van der Waals surface area contributed by atoms with Crippen molar-refractivity contribution in [2.24, 2.45) is 0 Å². The second kappa shape index (κ2) is 4.33. The van der Waals surface area contributed by atoms with Gasteiger partial charge in [-0.15, -0.1) is 0 Å². The predicted octanol–water partition coefficient (Wildman–Crippen LogP) is 1.34. The van der Waals surface area contributed by atoms with Gasteiger partial charge < -0.3 is 9.84 Å². The summed E-state index contributed by atoms with van der Waals surface area (Å²) in [5, 5.41) is 8.58. The molecule has 0 unspecified atom stereocenters. The molecule has 0 atom stereocenters. The van der Waals surface area contributed by atoms with Gasteiger partial charge in [0.2, 0.25) is 0 Å². The summed E-state index contributed by atoms with van der Waals surface area (Å²) in [5.41, 5.74) is 0.169. The normalized spacial score (nSPS) is 9.55. The fraction of sp³-hybridized carbons (Fsp3) is 0.125. The standard InChI is InChI=1S/C8H10O3/c1-6(8(10)11-3)4-5-7(2)9/h4-5,9H,1-2H2,3H3/b5-4-. The molecule has 0 fully saturated rings. The molecule has 0 amide bonds. The van der Waals surface area contributed by atoms with E-state index in [9.17, 15) is 4.79 Å². The van der Waals surface area contributed by atoms with Gasteiger partial charge in [-0.05, 0) is 12.2 Å². The van der Waals surface area contributed by atoms with Gasteiger partial charge in [0.1, 0.15) is 5.76 Å². The average molecular weight is 154 g/mol. The van der Waals surface area contributed by atoms with E-state index in [0.717, 1.165) is 0 Å². The minimum Gasteiger partial charge on any atom is -0.509 e. The Morgan fingerprint density at radius 3 is 2.36 bits per heavy atom. The Labute approximate surface area is 65.3 Å². The Bertz CT molecular complexity index is 213. The largest absolute Gasteiger partial charge is 0.509 e. The molecule has 0 spiro atoms. The van der Waals surface area contributed by atoms with E-state index in [2.05, 4.69) is 17.9 Å². The van der Waals surface area contributed by atoms with Crippen molar-refractivity contribution in [2.45, 2.75) is 0 Å². The highest BCUT2D eigenvalue weighted by molar-refractivity contribution is 5.90. The van der Waals surface area contributed by atoms with Gasteiger partial charge >= 0.3 is 5.97 Å². The predicted molar refractivity (Wildman–Crippen MR) is 42.1 cm³/mol. The van der Waals surface area contributed by atoms with E-state index in [1.54, 1.807) is 0 Å². The number of hydrogen-bond donors (Lipinski definition) is 1. The molecule has 0 aromatic carbocycles. The maximum Gasteiger partial charge on any atom is 0.337 e. The summed E-state index contributed by atoms with van der Waals surface area (Å²) in [6.45, 7) is 6.57. The molecule has 0 aliphatic heterocycles. The second-order valence-corrected chi connectivity index (χ2v) is 1.84. The lowest BCUT2D eigenvalue weighted by atomic mass is 10.3. The molecule has 11 heavy (non-hydrogen) atoms. The molecule has 1 N–H and O–H groups in total. The fourth-order valence-electron chi connectivity index (χ4n) is 0.396. The number of methoxy groups -OCH3 is 1. The zero-order valence-electron chi connectivity index (χ0n) is 6.33. The second-order valence-electron chi connectivity index (χ2n) is 1.84. The van der Waals surface area contributed by atoms with E-state index >= 15 is 0 Å². The third-order valence-electron chi connectivity index (χ3n) is 0.924. The van der Waals surface area contributed by atoms with Gasteiger partial charge in [-0.1, -0.05) is 13.2 Å². The van der Waals surface area contributed by atoms with Crippen molar-refractivity contribution in [1.82, 2.24) is 0 Å². The lowest BCUT2D eigenvalue weighted by Gasteiger charge is -1.95. The molecule has 0 aliphatic rings. The first kappa shape index (κ1) is 9.49. The summed E-state index contributed by atoms with van der Waals surface area (Å²) in [6, 6.07) is 0. The van der Waals surface area contributed by atoms with Crippen LogP contribution in [-0.4, -0.2) is 18.2 Å². The molecule has 0 bridgehead atoms. The van der Waals surface area contributed by atoms with E-state index in [1.165, 1.54) is 19.3 Å². The lowest BCUT2D eigenvalue weighted by Crippen LogP contribution is -2.00. The van der Waals surface area contributed by atoms with Crippen molar-refractivity contribution < 1.29 is 14.6 Å². The molecule has 0 heterocycles. The molecule has 0 aromatic rings. The van der Waals surface area contributed by atoms with Gasteiger partial charge in [0.25, 0.3) is 0 Å². The van der Waals surface area contributed by atoms with Crippen LogP contribution in [0.15, 0.2) is 36.6 Å². The highest BCUT2D eigenvalue weighted by Gasteiger charge is 2.00. The van der Waals surface area contributed by atoms with E-state index in [-0.39, 0.29) is 11.3 Å². The number of aliphatic hydroxyl groups excluding tert-OH is 1. The van der Waals surface area contributed by atoms with Crippen LogP contribution in [0.3, 0.4) is 0 Å². The van der Waals surface area contributed by atoms with E-state index in [0.29, 0.717) is 0 Å². The molecule has 60 valence electrons. The SMILES string of the molecule is C=C(O)/C=C\C(=C)C(=O)OC. The van der Waals surface area contributed by atoms with Gasteiger partial charge in [-0.2, -0.15) is 0 Å². The van der Waals surface area contributed by atoms with Gasteiger partial charge in [-0.3, -0.25) is 0 Å². The number of hydrogen-bond acceptors (Lipinski definition) is 3. The third-order valence-corrected chi connectivity index (χ3v) is 0.924. The number of carbonyl (C=O) groups excluding carboxylic acids is 1. The zero-order chi connectivity index (χ0) is 8.85. The molecule has 0 radical (unpaired) electrons. The molecular formula is C8H10O3. The van der Waals surface area contributed by atoms with Crippen LogP contribution in [0.1, 0.15) is 0 Å². The van der Waals surface area contributed by atoms with E-state index < -0.39 is 5.97 Å². The first-order valence-corrected chi connectivity index (χ1v) is 2.91. The molecule has 3 nitrogen and oxygen atoms in total. The van der Waals surface area contributed by atoms with Crippen LogP contribution in [0.2, 0.25) is 0 Å². The Balaban J connectivity index is 4.08. The fourth-order valence-corrected chi connectivity index (χ4v) is 0.396. The van der Waals surface area contributed by atoms with Crippen LogP contribution in [0.25, 0.3) is 0 Å². The Hall–Kier alpha value is -1.51. The van der Waals surface area contributed by atoms with Crippen LogP contribution in [0.4, 0.5) is 0 Å². The molecule has 0 aromatic heterocycles. The first-order chi connectivity index (χ1) is 5.07. The minimum absolute atomic E-state index is 0.130. The summed E-state index contributed by atoms with van der Waals surface area (Å²) in [4.78, 5) is 10.6. The Kier molecular flexibility index (Phi) is 3.73. The number of rotatable bonds is 3. The van der Waals surface area contributed by atoms with Crippen molar-refractivity contribution in [1.29, 1.82) is 0 Å². The average Bonchev–Trinajstić information content (AvgIpc) is 1.98. The van der Waals surface area contributed by atoms with Crippen LogP contribution in [-0.2, 0) is 9.53 Å². The summed E-state index contributed by atoms with van der Waals surface area (Å²) in [5.74, 6) is -0.655.